The van der Waals surface area contributed by atoms with Gasteiger partial charge in [-0.05, 0) is 31.2 Å². The van der Waals surface area contributed by atoms with Gasteiger partial charge in [-0.25, -0.2) is 12.7 Å². The smallest absolute Gasteiger partial charge is 0.317 e. The highest BCUT2D eigenvalue weighted by molar-refractivity contribution is 7.89. The maximum absolute atomic E-state index is 12.1. The summed E-state index contributed by atoms with van der Waals surface area (Å²) in [6.07, 6.45) is 1.79. The van der Waals surface area contributed by atoms with Crippen LogP contribution in [0.5, 0.6) is 0 Å². The van der Waals surface area contributed by atoms with E-state index >= 15 is 0 Å². The Balaban J connectivity index is 2.47. The molecule has 1 fully saturated rings. The van der Waals surface area contributed by atoms with Gasteiger partial charge in [0.2, 0.25) is 10.0 Å². The van der Waals surface area contributed by atoms with Gasteiger partial charge in [0.05, 0.1) is 12.3 Å². The van der Waals surface area contributed by atoms with Crippen LogP contribution in [0.1, 0.15) is 26.7 Å². The van der Waals surface area contributed by atoms with Gasteiger partial charge in [-0.15, -0.1) is 0 Å². The maximum Gasteiger partial charge on any atom is 0.317 e. The van der Waals surface area contributed by atoms with Crippen molar-refractivity contribution in [3.63, 3.8) is 0 Å². The average molecular weight is 292 g/mol. The zero-order valence-corrected chi connectivity index (χ0v) is 12.4. The molecular formula is C12H24N2O4S. The van der Waals surface area contributed by atoms with Gasteiger partial charge in [0, 0.05) is 13.1 Å². The zero-order valence-electron chi connectivity index (χ0n) is 11.6. The number of nitrogens with zero attached hydrogens (tertiary/aromatic N) is 1. The van der Waals surface area contributed by atoms with Crippen LogP contribution in [0.25, 0.3) is 0 Å². The first kappa shape index (κ1) is 16.4. The van der Waals surface area contributed by atoms with Gasteiger partial charge in [-0.3, -0.25) is 4.79 Å². The van der Waals surface area contributed by atoms with Crippen molar-refractivity contribution in [2.24, 2.45) is 11.8 Å². The monoisotopic (exact) mass is 292 g/mol. The summed E-state index contributed by atoms with van der Waals surface area (Å²) in [5.74, 6) is -0.381. The van der Waals surface area contributed by atoms with Gasteiger partial charge in [-0.1, -0.05) is 13.8 Å². The van der Waals surface area contributed by atoms with E-state index in [2.05, 4.69) is 5.32 Å². The summed E-state index contributed by atoms with van der Waals surface area (Å²) in [6, 6.07) is 0. The van der Waals surface area contributed by atoms with Crippen molar-refractivity contribution < 1.29 is 18.3 Å². The number of hydrogen-bond acceptors (Lipinski definition) is 4. The van der Waals surface area contributed by atoms with Gasteiger partial charge >= 0.3 is 5.97 Å². The number of carbonyl (C=O) groups is 1. The highest BCUT2D eigenvalue weighted by atomic mass is 32.2. The SMILES string of the molecule is CC(C)CS(=O)(=O)N1CCCC(CNCC(=O)O)C1. The van der Waals surface area contributed by atoms with Crippen molar-refractivity contribution >= 4 is 16.0 Å². The minimum Gasteiger partial charge on any atom is -0.480 e. The summed E-state index contributed by atoms with van der Waals surface area (Å²) < 4.78 is 25.8. The third kappa shape index (κ3) is 5.88. The minimum atomic E-state index is -3.17. The molecular weight excluding hydrogens is 268 g/mol. The number of aliphatic carboxylic acids is 1. The standard InChI is InChI=1S/C12H24N2O4S/c1-10(2)9-19(17,18)14-5-3-4-11(8-14)6-13-7-12(15)16/h10-11,13H,3-9H2,1-2H3,(H,15,16). The number of hydrogen-bond donors (Lipinski definition) is 2. The fourth-order valence-electron chi connectivity index (χ4n) is 2.36. The summed E-state index contributed by atoms with van der Waals surface area (Å²) >= 11 is 0. The Morgan fingerprint density at radius 2 is 2.16 bits per heavy atom. The molecule has 19 heavy (non-hydrogen) atoms. The second-order valence-corrected chi connectivity index (χ2v) is 7.58. The van der Waals surface area contributed by atoms with Crippen LogP contribution in [-0.2, 0) is 14.8 Å². The van der Waals surface area contributed by atoms with Gasteiger partial charge < -0.3 is 10.4 Å². The zero-order chi connectivity index (χ0) is 14.5. The summed E-state index contributed by atoms with van der Waals surface area (Å²) in [5.41, 5.74) is 0. The van der Waals surface area contributed by atoms with Crippen molar-refractivity contribution in [3.05, 3.63) is 0 Å². The lowest BCUT2D eigenvalue weighted by Gasteiger charge is -2.32. The van der Waals surface area contributed by atoms with E-state index in [0.717, 1.165) is 12.8 Å². The Bertz CT molecular complexity index is 395. The van der Waals surface area contributed by atoms with E-state index in [4.69, 9.17) is 5.11 Å². The molecule has 1 unspecified atom stereocenters. The lowest BCUT2D eigenvalue weighted by atomic mass is 10.00. The molecule has 1 aliphatic rings. The van der Waals surface area contributed by atoms with E-state index < -0.39 is 16.0 Å². The van der Waals surface area contributed by atoms with Crippen molar-refractivity contribution in [1.82, 2.24) is 9.62 Å². The molecule has 1 atom stereocenters. The number of carboxylic acids is 1. The fourth-order valence-corrected chi connectivity index (χ4v) is 4.25. The summed E-state index contributed by atoms with van der Waals surface area (Å²) in [7, 11) is -3.17. The Hall–Kier alpha value is -0.660. The molecule has 0 spiro atoms. The number of carboxylic acid groups (broad SMARTS) is 1. The van der Waals surface area contributed by atoms with E-state index in [-0.39, 0.29) is 24.1 Å². The molecule has 1 saturated heterocycles. The third-order valence-corrected chi connectivity index (χ3v) is 5.33. The van der Waals surface area contributed by atoms with Crippen LogP contribution in [-0.4, -0.2) is 55.7 Å². The first-order valence-electron chi connectivity index (χ1n) is 6.71. The summed E-state index contributed by atoms with van der Waals surface area (Å²) in [5, 5.41) is 11.4. The molecule has 0 aliphatic carbocycles. The lowest BCUT2D eigenvalue weighted by Crippen LogP contribution is -2.44. The first-order chi connectivity index (χ1) is 8.81. The van der Waals surface area contributed by atoms with Crippen LogP contribution in [0.4, 0.5) is 0 Å². The third-order valence-electron chi connectivity index (χ3n) is 3.13. The van der Waals surface area contributed by atoms with Crippen LogP contribution in [0.3, 0.4) is 0 Å². The number of sulfonamides is 1. The molecule has 1 heterocycles. The lowest BCUT2D eigenvalue weighted by molar-refractivity contribution is -0.136. The Morgan fingerprint density at radius 1 is 1.47 bits per heavy atom. The quantitative estimate of drug-likeness (QED) is 0.707. The van der Waals surface area contributed by atoms with Gasteiger partial charge in [0.15, 0.2) is 0 Å². The molecule has 6 nitrogen and oxygen atoms in total. The van der Waals surface area contributed by atoms with E-state index in [1.807, 2.05) is 13.8 Å². The van der Waals surface area contributed by atoms with E-state index in [9.17, 15) is 13.2 Å². The molecule has 1 aliphatic heterocycles. The molecule has 0 saturated carbocycles. The van der Waals surface area contributed by atoms with Crippen LogP contribution < -0.4 is 5.32 Å². The molecule has 0 aromatic heterocycles. The van der Waals surface area contributed by atoms with E-state index in [1.165, 1.54) is 0 Å². The van der Waals surface area contributed by atoms with Crippen LogP contribution in [0, 0.1) is 11.8 Å². The Morgan fingerprint density at radius 3 is 2.74 bits per heavy atom. The molecule has 0 amide bonds. The van der Waals surface area contributed by atoms with Crippen molar-refractivity contribution in [3.8, 4) is 0 Å². The predicted octanol–water partition coefficient (Wildman–Crippen LogP) is 0.358. The van der Waals surface area contributed by atoms with Gasteiger partial charge in [0.1, 0.15) is 0 Å². The topological polar surface area (TPSA) is 86.7 Å². The van der Waals surface area contributed by atoms with Crippen LogP contribution in [0.15, 0.2) is 0 Å². The van der Waals surface area contributed by atoms with E-state index in [1.54, 1.807) is 4.31 Å². The molecule has 1 rings (SSSR count). The molecule has 112 valence electrons. The van der Waals surface area contributed by atoms with Crippen molar-refractivity contribution in [2.45, 2.75) is 26.7 Å². The molecule has 0 aromatic carbocycles. The number of nitrogens with one attached hydrogen (secondary N) is 1. The minimum absolute atomic E-state index is 0.0742. The number of rotatable bonds is 7. The van der Waals surface area contributed by atoms with Gasteiger partial charge in [0.25, 0.3) is 0 Å². The Kier molecular flexibility index (Phi) is 6.22. The molecule has 7 heteroatoms. The predicted molar refractivity (Wildman–Crippen MR) is 73.4 cm³/mol. The van der Waals surface area contributed by atoms with Crippen molar-refractivity contribution in [2.75, 3.05) is 31.9 Å². The highest BCUT2D eigenvalue weighted by Gasteiger charge is 2.29. The molecule has 0 aromatic rings. The molecule has 0 radical (unpaired) electrons. The highest BCUT2D eigenvalue weighted by Crippen LogP contribution is 2.20. The summed E-state index contributed by atoms with van der Waals surface area (Å²) in [4.78, 5) is 10.4. The summed E-state index contributed by atoms with van der Waals surface area (Å²) in [6.45, 7) is 5.36. The Labute approximate surface area is 115 Å². The average Bonchev–Trinajstić information content (AvgIpc) is 2.27. The maximum atomic E-state index is 12.1. The second kappa shape index (κ2) is 7.21. The van der Waals surface area contributed by atoms with Crippen LogP contribution >= 0.6 is 0 Å². The largest absolute Gasteiger partial charge is 0.480 e. The molecule has 2 N–H and O–H groups in total. The van der Waals surface area contributed by atoms with Crippen molar-refractivity contribution in [1.29, 1.82) is 0 Å². The molecule has 0 bridgehead atoms. The van der Waals surface area contributed by atoms with Gasteiger partial charge in [-0.2, -0.15) is 0 Å². The fraction of sp³-hybridized carbons (Fsp3) is 0.917. The second-order valence-electron chi connectivity index (χ2n) is 5.56. The normalized spacial score (nSPS) is 21.7. The van der Waals surface area contributed by atoms with E-state index in [0.29, 0.717) is 19.6 Å². The first-order valence-corrected chi connectivity index (χ1v) is 8.32. The number of piperidine rings is 1. The van der Waals surface area contributed by atoms with Crippen LogP contribution in [0.2, 0.25) is 0 Å².